The van der Waals surface area contributed by atoms with Crippen molar-refractivity contribution in [3.05, 3.63) is 47.7 Å². The van der Waals surface area contributed by atoms with Crippen molar-refractivity contribution in [2.45, 2.75) is 0 Å². The number of ether oxygens (including phenoxy) is 1. The molecule has 2 heterocycles. The summed E-state index contributed by atoms with van der Waals surface area (Å²) < 4.78 is 11.0. The monoisotopic (exact) mass is 300 g/mol. The molecule has 2 aromatic heterocycles. The van der Waals surface area contributed by atoms with Gasteiger partial charge in [-0.15, -0.1) is 11.3 Å². The number of benzene rings is 1. The van der Waals surface area contributed by atoms with E-state index in [1.807, 2.05) is 35.7 Å². The first-order valence-electron chi connectivity index (χ1n) is 6.18. The van der Waals surface area contributed by atoms with Crippen molar-refractivity contribution < 1.29 is 13.9 Å². The molecular formula is C15H12N2O3S. The van der Waals surface area contributed by atoms with Crippen LogP contribution in [0.15, 0.2) is 46.3 Å². The van der Waals surface area contributed by atoms with E-state index in [2.05, 4.69) is 4.98 Å². The Balaban J connectivity index is 2.31. The van der Waals surface area contributed by atoms with Crippen LogP contribution in [0.3, 0.4) is 0 Å². The first-order chi connectivity index (χ1) is 10.2. The van der Waals surface area contributed by atoms with E-state index in [0.717, 1.165) is 5.56 Å². The predicted octanol–water partition coefficient (Wildman–Crippen LogP) is 3.18. The Morgan fingerprint density at radius 3 is 2.67 bits per heavy atom. The molecule has 1 amide bonds. The van der Waals surface area contributed by atoms with Crippen molar-refractivity contribution in [1.82, 2.24) is 4.98 Å². The molecular weight excluding hydrogens is 288 g/mol. The zero-order valence-electron chi connectivity index (χ0n) is 11.2. The second kappa shape index (κ2) is 5.41. The van der Waals surface area contributed by atoms with Gasteiger partial charge in [-0.3, -0.25) is 4.79 Å². The van der Waals surface area contributed by atoms with E-state index in [0.29, 0.717) is 22.1 Å². The molecule has 0 saturated carbocycles. The maximum atomic E-state index is 11.6. The van der Waals surface area contributed by atoms with Gasteiger partial charge in [0.25, 0.3) is 5.91 Å². The summed E-state index contributed by atoms with van der Waals surface area (Å²) in [5.74, 6) is 0.147. The van der Waals surface area contributed by atoms with Gasteiger partial charge in [-0.2, -0.15) is 0 Å². The average molecular weight is 300 g/mol. The molecule has 6 heteroatoms. The number of nitrogens with zero attached hydrogens (tertiary/aromatic N) is 1. The first kappa shape index (κ1) is 13.4. The van der Waals surface area contributed by atoms with Crippen LogP contribution in [0.25, 0.3) is 21.9 Å². The predicted molar refractivity (Wildman–Crippen MR) is 80.3 cm³/mol. The molecule has 3 rings (SSSR count). The number of rotatable bonds is 4. The van der Waals surface area contributed by atoms with E-state index in [-0.39, 0.29) is 5.76 Å². The lowest BCUT2D eigenvalue weighted by Gasteiger charge is -2.04. The van der Waals surface area contributed by atoms with Crippen molar-refractivity contribution in [2.75, 3.05) is 7.11 Å². The highest BCUT2D eigenvalue weighted by atomic mass is 32.1. The zero-order chi connectivity index (χ0) is 14.8. The first-order valence-corrected chi connectivity index (χ1v) is 7.06. The summed E-state index contributed by atoms with van der Waals surface area (Å²) >= 11 is 1.42. The van der Waals surface area contributed by atoms with Crippen LogP contribution in [0.1, 0.15) is 10.6 Å². The van der Waals surface area contributed by atoms with Gasteiger partial charge in [-0.1, -0.05) is 30.3 Å². The van der Waals surface area contributed by atoms with Crippen LogP contribution in [0, 0.1) is 0 Å². The van der Waals surface area contributed by atoms with Gasteiger partial charge >= 0.3 is 0 Å². The van der Waals surface area contributed by atoms with Gasteiger partial charge in [-0.05, 0) is 5.56 Å². The quantitative estimate of drug-likeness (QED) is 0.802. The number of carbonyl (C=O) groups is 1. The van der Waals surface area contributed by atoms with E-state index in [1.165, 1.54) is 18.4 Å². The Hall–Kier alpha value is -2.60. The Labute approximate surface area is 125 Å². The Morgan fingerprint density at radius 1 is 1.33 bits per heavy atom. The van der Waals surface area contributed by atoms with Crippen LogP contribution in [0.4, 0.5) is 0 Å². The molecule has 0 fully saturated rings. The fraction of sp³-hybridized carbons (Fsp3) is 0.0667. The average Bonchev–Trinajstić information content (AvgIpc) is 3.14. The van der Waals surface area contributed by atoms with Crippen molar-refractivity contribution in [3.63, 3.8) is 0 Å². The lowest BCUT2D eigenvalue weighted by Crippen LogP contribution is -2.10. The van der Waals surface area contributed by atoms with Crippen molar-refractivity contribution >= 4 is 17.2 Å². The maximum absolute atomic E-state index is 11.6. The van der Waals surface area contributed by atoms with Crippen LogP contribution in [-0.2, 0) is 0 Å². The summed E-state index contributed by atoms with van der Waals surface area (Å²) in [4.78, 5) is 15.8. The van der Waals surface area contributed by atoms with Gasteiger partial charge in [0.15, 0.2) is 16.5 Å². The molecule has 0 unspecified atom stereocenters. The highest BCUT2D eigenvalue weighted by Gasteiger charge is 2.27. The van der Waals surface area contributed by atoms with Crippen LogP contribution < -0.4 is 10.5 Å². The number of aromatic nitrogens is 1. The number of hydrogen-bond acceptors (Lipinski definition) is 5. The topological polar surface area (TPSA) is 78.4 Å². The molecule has 0 aliphatic carbocycles. The van der Waals surface area contributed by atoms with Gasteiger partial charge in [0.1, 0.15) is 0 Å². The molecule has 0 spiro atoms. The smallest absolute Gasteiger partial charge is 0.288 e. The largest absolute Gasteiger partial charge is 0.492 e. The third-order valence-electron chi connectivity index (χ3n) is 2.98. The van der Waals surface area contributed by atoms with E-state index >= 15 is 0 Å². The molecule has 0 aliphatic heterocycles. The summed E-state index contributed by atoms with van der Waals surface area (Å²) in [7, 11) is 1.48. The fourth-order valence-corrected chi connectivity index (χ4v) is 2.75. The SMILES string of the molecule is COc1c(C(N)=O)oc(-c2nccs2)c1-c1ccccc1. The number of furan rings is 1. The molecule has 0 atom stereocenters. The van der Waals surface area contributed by atoms with E-state index < -0.39 is 5.91 Å². The molecule has 3 aromatic rings. The minimum atomic E-state index is -0.674. The third kappa shape index (κ3) is 2.30. The van der Waals surface area contributed by atoms with Crippen LogP contribution in [-0.4, -0.2) is 18.0 Å². The number of amides is 1. The lowest BCUT2D eigenvalue weighted by atomic mass is 10.0. The normalized spacial score (nSPS) is 10.5. The van der Waals surface area contributed by atoms with Gasteiger partial charge in [0.2, 0.25) is 5.76 Å². The number of carbonyl (C=O) groups excluding carboxylic acids is 1. The van der Waals surface area contributed by atoms with Crippen molar-refractivity contribution in [1.29, 1.82) is 0 Å². The second-order valence-corrected chi connectivity index (χ2v) is 5.13. The fourth-order valence-electron chi connectivity index (χ4n) is 2.13. The minimum absolute atomic E-state index is 0.00144. The van der Waals surface area contributed by atoms with Gasteiger partial charge in [-0.25, -0.2) is 4.98 Å². The van der Waals surface area contributed by atoms with Crippen LogP contribution in [0.5, 0.6) is 5.75 Å². The molecule has 0 aliphatic rings. The van der Waals surface area contributed by atoms with E-state index in [1.54, 1.807) is 6.20 Å². The van der Waals surface area contributed by atoms with Crippen LogP contribution in [0.2, 0.25) is 0 Å². The molecule has 1 aromatic carbocycles. The summed E-state index contributed by atoms with van der Waals surface area (Å²) in [6.45, 7) is 0. The Kier molecular flexibility index (Phi) is 3.45. The summed E-state index contributed by atoms with van der Waals surface area (Å²) in [6, 6.07) is 9.54. The zero-order valence-corrected chi connectivity index (χ0v) is 12.0. The van der Waals surface area contributed by atoms with Crippen molar-refractivity contribution in [3.8, 4) is 27.6 Å². The maximum Gasteiger partial charge on any atom is 0.288 e. The van der Waals surface area contributed by atoms with Gasteiger partial charge in [0, 0.05) is 11.6 Å². The van der Waals surface area contributed by atoms with Gasteiger partial charge in [0.05, 0.1) is 12.7 Å². The number of thiazole rings is 1. The summed E-state index contributed by atoms with van der Waals surface area (Å²) in [5.41, 5.74) is 6.93. The highest BCUT2D eigenvalue weighted by molar-refractivity contribution is 7.13. The summed E-state index contributed by atoms with van der Waals surface area (Å²) in [6.07, 6.45) is 1.67. The van der Waals surface area contributed by atoms with E-state index in [9.17, 15) is 4.79 Å². The Morgan fingerprint density at radius 2 is 2.10 bits per heavy atom. The third-order valence-corrected chi connectivity index (χ3v) is 3.75. The summed E-state index contributed by atoms with van der Waals surface area (Å²) in [5, 5.41) is 2.50. The van der Waals surface area contributed by atoms with Gasteiger partial charge < -0.3 is 14.9 Å². The lowest BCUT2D eigenvalue weighted by molar-refractivity contribution is 0.0970. The highest BCUT2D eigenvalue weighted by Crippen LogP contribution is 2.44. The van der Waals surface area contributed by atoms with Crippen molar-refractivity contribution in [2.24, 2.45) is 5.73 Å². The molecule has 0 bridgehead atoms. The number of methoxy groups -OCH3 is 1. The second-order valence-electron chi connectivity index (χ2n) is 4.24. The van der Waals surface area contributed by atoms with E-state index in [4.69, 9.17) is 14.9 Å². The standard InChI is InChI=1S/C15H12N2O3S/c1-19-11-10(9-5-3-2-4-6-9)12(15-17-7-8-21-15)20-13(11)14(16)18/h2-8H,1H3,(H2,16,18). The number of hydrogen-bond donors (Lipinski definition) is 1. The minimum Gasteiger partial charge on any atom is -0.492 e. The van der Waals surface area contributed by atoms with Crippen LogP contribution >= 0.6 is 11.3 Å². The molecule has 21 heavy (non-hydrogen) atoms. The molecule has 0 saturated heterocycles. The molecule has 0 radical (unpaired) electrons. The Bertz CT molecular complexity index is 764. The number of nitrogens with two attached hydrogens (primary N) is 1. The molecule has 5 nitrogen and oxygen atoms in total. The molecule has 2 N–H and O–H groups in total. The molecule has 106 valence electrons. The number of primary amides is 1.